The van der Waals surface area contributed by atoms with Crippen molar-refractivity contribution >= 4 is 16.9 Å². The van der Waals surface area contributed by atoms with E-state index in [2.05, 4.69) is 16.0 Å². The van der Waals surface area contributed by atoms with Gasteiger partial charge in [0.2, 0.25) is 0 Å². The highest BCUT2D eigenvalue weighted by Crippen LogP contribution is 2.22. The van der Waals surface area contributed by atoms with Crippen molar-refractivity contribution in [1.82, 2.24) is 14.5 Å². The van der Waals surface area contributed by atoms with E-state index < -0.39 is 0 Å². The lowest BCUT2D eigenvalue weighted by Gasteiger charge is -2.13. The van der Waals surface area contributed by atoms with Crippen molar-refractivity contribution in [2.24, 2.45) is 0 Å². The van der Waals surface area contributed by atoms with E-state index in [0.717, 1.165) is 30.5 Å². The summed E-state index contributed by atoms with van der Waals surface area (Å²) in [5.74, 6) is 0. The van der Waals surface area contributed by atoms with E-state index in [9.17, 15) is 4.79 Å². The van der Waals surface area contributed by atoms with E-state index >= 15 is 0 Å². The Kier molecular flexibility index (Phi) is 2.13. The minimum Gasteiger partial charge on any atom is -0.290 e. The van der Waals surface area contributed by atoms with Gasteiger partial charge < -0.3 is 0 Å². The molecule has 82 valence electrons. The van der Waals surface area contributed by atoms with E-state index in [4.69, 9.17) is 0 Å². The number of imidazole rings is 1. The molecule has 0 amide bonds. The molecule has 3 rings (SSSR count). The fourth-order valence-electron chi connectivity index (χ4n) is 2.25. The zero-order valence-corrected chi connectivity index (χ0v) is 8.94. The Morgan fingerprint density at radius 2 is 2.31 bits per heavy atom. The third-order valence-electron chi connectivity index (χ3n) is 3.01. The van der Waals surface area contributed by atoms with E-state index in [1.165, 1.54) is 6.42 Å². The van der Waals surface area contributed by atoms with Gasteiger partial charge >= 0.3 is 5.69 Å². The lowest BCUT2D eigenvalue weighted by atomic mass is 10.0. The Morgan fingerprint density at radius 3 is 3.12 bits per heavy atom. The maximum absolute atomic E-state index is 11.9. The van der Waals surface area contributed by atoms with Gasteiger partial charge in [0.25, 0.3) is 0 Å². The normalized spacial score (nSPS) is 16.4. The Bertz CT molecular complexity index is 606. The molecule has 2 heterocycles. The number of hydrogen-bond donors (Lipinski definition) is 1. The number of rotatable bonds is 1. The summed E-state index contributed by atoms with van der Waals surface area (Å²) in [6.07, 6.45) is 8.27. The molecule has 4 heteroatoms. The number of aromatic nitrogens is 3. The van der Waals surface area contributed by atoms with Crippen molar-refractivity contribution in [3.05, 3.63) is 34.9 Å². The van der Waals surface area contributed by atoms with Crippen molar-refractivity contribution in [3.8, 4) is 0 Å². The topological polar surface area (TPSA) is 50.7 Å². The van der Waals surface area contributed by atoms with Crippen LogP contribution in [0.15, 0.2) is 29.2 Å². The predicted molar refractivity (Wildman–Crippen MR) is 63.1 cm³/mol. The van der Waals surface area contributed by atoms with E-state index in [-0.39, 0.29) is 5.69 Å². The summed E-state index contributed by atoms with van der Waals surface area (Å²) in [6, 6.07) is 3.78. The molecule has 0 unspecified atom stereocenters. The van der Waals surface area contributed by atoms with Crippen LogP contribution in [-0.2, 0) is 0 Å². The van der Waals surface area contributed by atoms with Crippen LogP contribution >= 0.6 is 0 Å². The minimum atomic E-state index is -0.0816. The highest BCUT2D eigenvalue weighted by molar-refractivity contribution is 5.75. The van der Waals surface area contributed by atoms with Crippen LogP contribution in [0.5, 0.6) is 0 Å². The lowest BCUT2D eigenvalue weighted by molar-refractivity contribution is 0.716. The highest BCUT2D eigenvalue weighted by atomic mass is 16.1. The summed E-state index contributed by atoms with van der Waals surface area (Å²) in [7, 11) is 0. The van der Waals surface area contributed by atoms with Gasteiger partial charge in [-0.15, -0.1) is 0 Å². The van der Waals surface area contributed by atoms with Crippen LogP contribution in [0.2, 0.25) is 0 Å². The first kappa shape index (κ1) is 9.39. The zero-order chi connectivity index (χ0) is 11.0. The highest BCUT2D eigenvalue weighted by Gasteiger charge is 2.12. The lowest BCUT2D eigenvalue weighted by Crippen LogP contribution is -2.17. The minimum absolute atomic E-state index is 0.0816. The van der Waals surface area contributed by atoms with E-state index in [0.29, 0.717) is 5.65 Å². The Balaban J connectivity index is 2.26. The molecule has 0 radical (unpaired) electrons. The summed E-state index contributed by atoms with van der Waals surface area (Å²) < 4.78 is 1.75. The van der Waals surface area contributed by atoms with Crippen LogP contribution in [0, 0.1) is 0 Å². The second kappa shape index (κ2) is 3.63. The largest absolute Gasteiger partial charge is 0.332 e. The van der Waals surface area contributed by atoms with Crippen molar-refractivity contribution in [3.63, 3.8) is 0 Å². The summed E-state index contributed by atoms with van der Waals surface area (Å²) in [5.41, 5.74) is 2.57. The van der Waals surface area contributed by atoms with Crippen LogP contribution in [-0.4, -0.2) is 14.5 Å². The van der Waals surface area contributed by atoms with Crippen LogP contribution in [0.1, 0.15) is 25.7 Å². The number of aromatic amines is 1. The average Bonchev–Trinajstić information content (AvgIpc) is 2.66. The number of fused-ring (bicyclic) bond motifs is 1. The van der Waals surface area contributed by atoms with Gasteiger partial charge in [-0.1, -0.05) is 6.08 Å². The van der Waals surface area contributed by atoms with Gasteiger partial charge in [-0.3, -0.25) is 9.55 Å². The molecule has 0 bridgehead atoms. The Labute approximate surface area is 92.6 Å². The molecule has 2 aromatic rings. The quantitative estimate of drug-likeness (QED) is 0.792. The van der Waals surface area contributed by atoms with Crippen molar-refractivity contribution in [1.29, 1.82) is 0 Å². The molecule has 4 nitrogen and oxygen atoms in total. The fraction of sp³-hybridized carbons (Fsp3) is 0.333. The Hall–Kier alpha value is -1.84. The smallest absolute Gasteiger partial charge is 0.290 e. The van der Waals surface area contributed by atoms with Crippen LogP contribution < -0.4 is 5.69 Å². The first-order chi connectivity index (χ1) is 7.86. The molecule has 0 fully saturated rings. The molecule has 1 N–H and O–H groups in total. The first-order valence-corrected chi connectivity index (χ1v) is 5.61. The summed E-state index contributed by atoms with van der Waals surface area (Å²) in [6.45, 7) is 0. The molecule has 0 aliphatic heterocycles. The third-order valence-corrected chi connectivity index (χ3v) is 3.01. The standard InChI is InChI=1S/C12H13N3O/c16-12-14-11-10(7-4-8-13-11)15(12)9-5-2-1-3-6-9/h4-5,7-8H,1-3,6H2,(H,13,14,16). The molecule has 2 aromatic heterocycles. The van der Waals surface area contributed by atoms with Gasteiger partial charge in [0.05, 0.1) is 5.52 Å². The zero-order valence-electron chi connectivity index (χ0n) is 8.94. The monoisotopic (exact) mass is 215 g/mol. The maximum atomic E-state index is 11.9. The number of hydrogen-bond acceptors (Lipinski definition) is 2. The van der Waals surface area contributed by atoms with Gasteiger partial charge in [-0.25, -0.2) is 9.78 Å². The van der Waals surface area contributed by atoms with Crippen LogP contribution in [0.3, 0.4) is 0 Å². The average molecular weight is 215 g/mol. The SMILES string of the molecule is O=c1[nH]c2ncccc2n1C1=CCCCC1. The Morgan fingerprint density at radius 1 is 1.38 bits per heavy atom. The molecule has 1 aliphatic carbocycles. The summed E-state index contributed by atoms with van der Waals surface area (Å²) in [4.78, 5) is 18.8. The fourth-order valence-corrected chi connectivity index (χ4v) is 2.25. The number of nitrogens with one attached hydrogen (secondary N) is 1. The summed E-state index contributed by atoms with van der Waals surface area (Å²) in [5, 5.41) is 0. The number of nitrogens with zero attached hydrogens (tertiary/aromatic N) is 2. The molecule has 1 aliphatic rings. The van der Waals surface area contributed by atoms with Gasteiger partial charge in [-0.2, -0.15) is 0 Å². The van der Waals surface area contributed by atoms with Gasteiger partial charge in [0.15, 0.2) is 5.65 Å². The van der Waals surface area contributed by atoms with Gasteiger partial charge in [0.1, 0.15) is 0 Å². The molecule has 0 aromatic carbocycles. The maximum Gasteiger partial charge on any atom is 0.332 e. The second-order valence-corrected chi connectivity index (χ2v) is 4.08. The van der Waals surface area contributed by atoms with Crippen LogP contribution in [0.25, 0.3) is 16.9 Å². The number of pyridine rings is 1. The molecular formula is C12H13N3O. The molecule has 0 atom stereocenters. The number of H-pyrrole nitrogens is 1. The summed E-state index contributed by atoms with van der Waals surface area (Å²) >= 11 is 0. The van der Waals surface area contributed by atoms with Gasteiger partial charge in [0, 0.05) is 11.9 Å². The third kappa shape index (κ3) is 1.38. The molecule has 0 saturated heterocycles. The van der Waals surface area contributed by atoms with Gasteiger partial charge in [-0.05, 0) is 37.8 Å². The van der Waals surface area contributed by atoms with Crippen molar-refractivity contribution < 1.29 is 0 Å². The predicted octanol–water partition coefficient (Wildman–Crippen LogP) is 2.14. The second-order valence-electron chi connectivity index (χ2n) is 4.08. The van der Waals surface area contributed by atoms with E-state index in [1.807, 2.05) is 12.1 Å². The van der Waals surface area contributed by atoms with Crippen molar-refractivity contribution in [2.75, 3.05) is 0 Å². The molecule has 16 heavy (non-hydrogen) atoms. The number of allylic oxidation sites excluding steroid dienone is 2. The van der Waals surface area contributed by atoms with Crippen molar-refractivity contribution in [2.45, 2.75) is 25.7 Å². The first-order valence-electron chi connectivity index (χ1n) is 5.61. The molecule has 0 spiro atoms. The molecule has 0 saturated carbocycles. The molecular weight excluding hydrogens is 202 g/mol. The van der Waals surface area contributed by atoms with E-state index in [1.54, 1.807) is 10.8 Å². The van der Waals surface area contributed by atoms with Crippen LogP contribution in [0.4, 0.5) is 0 Å².